The van der Waals surface area contributed by atoms with Gasteiger partial charge < -0.3 is 14.4 Å². The fourth-order valence-electron chi connectivity index (χ4n) is 4.95. The van der Waals surface area contributed by atoms with Crippen molar-refractivity contribution in [1.29, 1.82) is 5.26 Å². The first-order valence-corrected chi connectivity index (χ1v) is 11.6. The van der Waals surface area contributed by atoms with E-state index in [1.54, 1.807) is 32.3 Å². The van der Waals surface area contributed by atoms with Crippen LogP contribution in [0.4, 0.5) is 13.2 Å². The van der Waals surface area contributed by atoms with Crippen LogP contribution in [-0.2, 0) is 31.7 Å². The molecule has 1 aliphatic rings. The molecule has 3 rings (SSSR count). The minimum atomic E-state index is -5.02. The standard InChI is InChI=1S/C25H29F3N4O4/c1-4-36-21(33)16-23(19(17-29)20-10-13-31(2)30-20)11-14-32(15-12-23)22(34)24(35-3,25(26,27)28)18-8-6-5-7-9-18/h5-10,13,19H,4,11-12,14-16H2,1-3H3/t19?,24-/m1/s1. The maximum absolute atomic E-state index is 14.4. The number of nitriles is 1. The lowest BCUT2D eigenvalue weighted by molar-refractivity contribution is -0.271. The topological polar surface area (TPSA) is 97.5 Å². The van der Waals surface area contributed by atoms with Crippen molar-refractivity contribution in [2.24, 2.45) is 12.5 Å². The van der Waals surface area contributed by atoms with Gasteiger partial charge in [0.2, 0.25) is 0 Å². The number of hydrogen-bond donors (Lipinski definition) is 0. The normalized spacial score (nSPS) is 18.1. The van der Waals surface area contributed by atoms with Crippen LogP contribution in [0.1, 0.15) is 43.4 Å². The van der Waals surface area contributed by atoms with Crippen LogP contribution in [0, 0.1) is 16.7 Å². The summed E-state index contributed by atoms with van der Waals surface area (Å²) in [6.07, 6.45) is -3.25. The van der Waals surface area contributed by atoms with Crippen molar-refractivity contribution >= 4 is 11.9 Å². The third kappa shape index (κ3) is 4.95. The fourth-order valence-corrected chi connectivity index (χ4v) is 4.95. The van der Waals surface area contributed by atoms with E-state index in [4.69, 9.17) is 9.47 Å². The number of aryl methyl sites for hydroxylation is 1. The van der Waals surface area contributed by atoms with Crippen LogP contribution in [0.2, 0.25) is 0 Å². The second-order valence-electron chi connectivity index (χ2n) is 8.86. The van der Waals surface area contributed by atoms with E-state index in [0.29, 0.717) is 5.69 Å². The largest absolute Gasteiger partial charge is 0.466 e. The number of ether oxygens (including phenoxy) is 2. The van der Waals surface area contributed by atoms with Gasteiger partial charge in [0, 0.05) is 44.4 Å². The third-order valence-electron chi connectivity index (χ3n) is 6.81. The zero-order valence-corrected chi connectivity index (χ0v) is 20.4. The molecule has 1 unspecified atom stereocenters. The minimum Gasteiger partial charge on any atom is -0.466 e. The molecule has 11 heteroatoms. The van der Waals surface area contributed by atoms with Gasteiger partial charge in [-0.3, -0.25) is 14.3 Å². The Balaban J connectivity index is 1.95. The van der Waals surface area contributed by atoms with Crippen molar-refractivity contribution in [1.82, 2.24) is 14.7 Å². The Labute approximate surface area is 207 Å². The molecule has 0 bridgehead atoms. The molecule has 2 heterocycles. The lowest BCUT2D eigenvalue weighted by Gasteiger charge is -2.46. The fraction of sp³-hybridized carbons (Fsp3) is 0.520. The molecule has 1 fully saturated rings. The molecule has 36 heavy (non-hydrogen) atoms. The van der Waals surface area contributed by atoms with Crippen LogP contribution in [0.15, 0.2) is 42.6 Å². The predicted octanol–water partition coefficient (Wildman–Crippen LogP) is 3.69. The van der Waals surface area contributed by atoms with Gasteiger partial charge in [0.25, 0.3) is 11.5 Å². The summed E-state index contributed by atoms with van der Waals surface area (Å²) in [5.41, 5.74) is -4.01. The van der Waals surface area contributed by atoms with E-state index in [2.05, 4.69) is 11.2 Å². The molecule has 1 aliphatic heterocycles. The Morgan fingerprint density at radius 3 is 2.31 bits per heavy atom. The number of likely N-dealkylation sites (tertiary alicyclic amines) is 1. The maximum Gasteiger partial charge on any atom is 0.430 e. The van der Waals surface area contributed by atoms with Crippen LogP contribution in [0.25, 0.3) is 0 Å². The lowest BCUT2D eigenvalue weighted by atomic mass is 9.65. The second kappa shape index (κ2) is 10.7. The summed E-state index contributed by atoms with van der Waals surface area (Å²) in [6.45, 7) is 1.62. The summed E-state index contributed by atoms with van der Waals surface area (Å²) in [5, 5.41) is 14.4. The first-order valence-electron chi connectivity index (χ1n) is 11.6. The quantitative estimate of drug-likeness (QED) is 0.507. The molecule has 2 aromatic rings. The molecule has 0 saturated carbocycles. The third-order valence-corrected chi connectivity index (χ3v) is 6.81. The Hall–Kier alpha value is -3.39. The summed E-state index contributed by atoms with van der Waals surface area (Å²) >= 11 is 0. The number of carbonyl (C=O) groups is 2. The molecule has 194 valence electrons. The average molecular weight is 507 g/mol. The smallest absolute Gasteiger partial charge is 0.430 e. The van der Waals surface area contributed by atoms with Crippen LogP contribution in [-0.4, -0.2) is 59.5 Å². The van der Waals surface area contributed by atoms with Crippen molar-refractivity contribution in [3.05, 3.63) is 53.9 Å². The van der Waals surface area contributed by atoms with E-state index < -0.39 is 35.0 Å². The SMILES string of the molecule is CCOC(=O)CC1(C(C#N)c2ccn(C)n2)CCN(C(=O)[C@](OC)(c2ccccc2)C(F)(F)F)CC1. The van der Waals surface area contributed by atoms with Gasteiger partial charge in [-0.1, -0.05) is 30.3 Å². The van der Waals surface area contributed by atoms with Gasteiger partial charge in [0.15, 0.2) is 0 Å². The molecule has 0 radical (unpaired) electrons. The number of methoxy groups -OCH3 is 1. The highest BCUT2D eigenvalue weighted by molar-refractivity contribution is 5.88. The van der Waals surface area contributed by atoms with Gasteiger partial charge >= 0.3 is 12.1 Å². The van der Waals surface area contributed by atoms with E-state index in [9.17, 15) is 28.0 Å². The molecule has 1 aromatic heterocycles. The number of piperidine rings is 1. The van der Waals surface area contributed by atoms with Gasteiger partial charge in [-0.05, 0) is 25.8 Å². The molecule has 0 N–H and O–H groups in total. The molecular formula is C25H29F3N4O4. The van der Waals surface area contributed by atoms with Crippen molar-refractivity contribution in [2.45, 2.75) is 43.9 Å². The molecule has 0 aliphatic carbocycles. The number of rotatable bonds is 8. The monoisotopic (exact) mass is 506 g/mol. The number of amides is 1. The molecule has 2 atom stereocenters. The Morgan fingerprint density at radius 1 is 1.19 bits per heavy atom. The number of alkyl halides is 3. The highest BCUT2D eigenvalue weighted by Gasteiger charge is 2.64. The molecule has 1 saturated heterocycles. The summed E-state index contributed by atoms with van der Waals surface area (Å²) in [6, 6.07) is 10.7. The van der Waals surface area contributed by atoms with Crippen LogP contribution in [0.3, 0.4) is 0 Å². The van der Waals surface area contributed by atoms with E-state index >= 15 is 0 Å². The highest BCUT2D eigenvalue weighted by Crippen LogP contribution is 2.49. The van der Waals surface area contributed by atoms with Gasteiger partial charge in [-0.25, -0.2) is 0 Å². The second-order valence-corrected chi connectivity index (χ2v) is 8.86. The first kappa shape index (κ1) is 27.2. The van der Waals surface area contributed by atoms with Crippen molar-refractivity contribution in [2.75, 3.05) is 26.8 Å². The summed E-state index contributed by atoms with van der Waals surface area (Å²) in [4.78, 5) is 27.1. The van der Waals surface area contributed by atoms with Gasteiger partial charge in [-0.15, -0.1) is 0 Å². The van der Waals surface area contributed by atoms with Crippen LogP contribution >= 0.6 is 0 Å². The number of halogens is 3. The number of carbonyl (C=O) groups excluding carboxylic acids is 2. The highest BCUT2D eigenvalue weighted by atomic mass is 19.4. The van der Waals surface area contributed by atoms with Gasteiger partial charge in [0.05, 0.1) is 30.7 Å². The lowest BCUT2D eigenvalue weighted by Crippen LogP contribution is -2.59. The summed E-state index contributed by atoms with van der Waals surface area (Å²) in [7, 11) is 2.56. The van der Waals surface area contributed by atoms with Crippen molar-refractivity contribution in [3.8, 4) is 6.07 Å². The Morgan fingerprint density at radius 2 is 1.83 bits per heavy atom. The van der Waals surface area contributed by atoms with Crippen molar-refractivity contribution in [3.63, 3.8) is 0 Å². The van der Waals surface area contributed by atoms with Crippen LogP contribution < -0.4 is 0 Å². The van der Waals surface area contributed by atoms with Crippen LogP contribution in [0.5, 0.6) is 0 Å². The molecule has 8 nitrogen and oxygen atoms in total. The first-order chi connectivity index (χ1) is 17.0. The zero-order chi connectivity index (χ0) is 26.6. The molecule has 1 aromatic carbocycles. The minimum absolute atomic E-state index is 0.0999. The van der Waals surface area contributed by atoms with Gasteiger partial charge in [0.1, 0.15) is 0 Å². The van der Waals surface area contributed by atoms with Gasteiger partial charge in [-0.2, -0.15) is 23.5 Å². The van der Waals surface area contributed by atoms with Crippen molar-refractivity contribution < 1.29 is 32.2 Å². The molecular weight excluding hydrogens is 477 g/mol. The number of benzene rings is 1. The number of hydrogen-bond acceptors (Lipinski definition) is 6. The zero-order valence-electron chi connectivity index (χ0n) is 20.4. The summed E-state index contributed by atoms with van der Waals surface area (Å²) < 4.78 is 54.8. The van der Waals surface area contributed by atoms with E-state index in [0.717, 1.165) is 12.0 Å². The average Bonchev–Trinajstić information content (AvgIpc) is 3.26. The maximum atomic E-state index is 14.4. The van der Waals surface area contributed by atoms with E-state index in [-0.39, 0.29) is 44.5 Å². The molecule has 1 amide bonds. The van der Waals surface area contributed by atoms with E-state index in [1.807, 2.05) is 0 Å². The molecule has 0 spiro atoms. The predicted molar refractivity (Wildman–Crippen MR) is 122 cm³/mol. The number of nitrogens with zero attached hydrogens (tertiary/aromatic N) is 4. The summed E-state index contributed by atoms with van der Waals surface area (Å²) in [5.74, 6) is -2.57. The number of esters is 1. The van der Waals surface area contributed by atoms with E-state index in [1.165, 1.54) is 28.9 Å². The number of aromatic nitrogens is 2. The Kier molecular flexibility index (Phi) is 8.09. The Bertz CT molecular complexity index is 1100.